The molecule has 0 aliphatic heterocycles. The number of benzene rings is 2. The number of hydrogen-bond acceptors (Lipinski definition) is 6. The molecule has 2 aromatic rings. The quantitative estimate of drug-likeness (QED) is 0.292. The molecule has 0 amide bonds. The van der Waals surface area contributed by atoms with Gasteiger partial charge in [0.2, 0.25) is 0 Å². The minimum absolute atomic E-state index is 0. The van der Waals surface area contributed by atoms with Crippen LogP contribution < -0.4 is 30.0 Å². The third-order valence-electron chi connectivity index (χ3n) is 4.51. The van der Waals surface area contributed by atoms with Crippen molar-refractivity contribution in [3.63, 3.8) is 0 Å². The van der Waals surface area contributed by atoms with Crippen LogP contribution in [0.3, 0.4) is 0 Å². The molecular weight excluding hydrogens is 499 g/mol. The van der Waals surface area contributed by atoms with E-state index in [2.05, 4.69) is 15.2 Å². The largest absolute Gasteiger partial charge is 0.493 e. The molecule has 0 spiro atoms. The van der Waals surface area contributed by atoms with Crippen LogP contribution in [0.1, 0.15) is 11.6 Å². The zero-order chi connectivity index (χ0) is 21.4. The lowest BCUT2D eigenvalue weighted by Crippen LogP contribution is -2.27. The van der Waals surface area contributed by atoms with E-state index >= 15 is 0 Å². The van der Waals surface area contributed by atoms with E-state index in [-0.39, 0.29) is 30.0 Å². The monoisotopic (exact) mass is 530 g/mol. The third kappa shape index (κ3) is 6.56. The molecule has 1 unspecified atom stereocenters. The zero-order valence-electron chi connectivity index (χ0n) is 18.3. The smallest absolute Gasteiger partial charge is 0.193 e. The molecule has 2 rings (SSSR count). The lowest BCUT2D eigenvalue weighted by atomic mass is 10.1. The second-order valence-electron chi connectivity index (χ2n) is 6.51. The Morgan fingerprint density at radius 2 is 1.43 bits per heavy atom. The zero-order valence-corrected chi connectivity index (χ0v) is 20.6. The molecule has 0 radical (unpaired) electrons. The molecule has 8 nitrogen and oxygen atoms in total. The average molecular weight is 530 g/mol. The fourth-order valence-electron chi connectivity index (χ4n) is 2.91. The normalized spacial score (nSPS) is 12.0. The predicted molar refractivity (Wildman–Crippen MR) is 131 cm³/mol. The maximum Gasteiger partial charge on any atom is 0.193 e. The minimum Gasteiger partial charge on any atom is -0.493 e. The molecule has 3 N–H and O–H groups in total. The Morgan fingerprint density at radius 3 is 1.97 bits per heavy atom. The standard InChI is InChI=1S/C21H30N4O4.HI/c1-25(2)16(14-7-9-17(26-3)19(11-14)28-5)13-23-21(22)24-15-8-10-18(27-4)20(12-15)29-6;/h7-12,16H,13H2,1-6H3,(H3,22,23,24);1H. The van der Waals surface area contributed by atoms with E-state index in [1.165, 1.54) is 0 Å². The SMILES string of the molecule is COc1ccc(NC(N)=NCC(c2ccc(OC)c(OC)c2)N(C)C)cc1OC.I. The van der Waals surface area contributed by atoms with Gasteiger partial charge in [-0.25, -0.2) is 0 Å². The van der Waals surface area contributed by atoms with Crippen molar-refractivity contribution in [2.24, 2.45) is 10.7 Å². The van der Waals surface area contributed by atoms with Crippen LogP contribution in [0, 0.1) is 0 Å². The molecule has 0 saturated heterocycles. The number of nitrogens with two attached hydrogens (primary N) is 1. The number of ether oxygens (including phenoxy) is 4. The average Bonchev–Trinajstić information content (AvgIpc) is 2.73. The molecule has 166 valence electrons. The van der Waals surface area contributed by atoms with E-state index in [4.69, 9.17) is 24.7 Å². The third-order valence-corrected chi connectivity index (χ3v) is 4.51. The fourth-order valence-corrected chi connectivity index (χ4v) is 2.91. The molecule has 0 heterocycles. The molecule has 9 heteroatoms. The first kappa shape index (κ1) is 25.6. The lowest BCUT2D eigenvalue weighted by molar-refractivity contribution is 0.303. The van der Waals surface area contributed by atoms with Gasteiger partial charge in [0.25, 0.3) is 0 Å². The van der Waals surface area contributed by atoms with Crippen molar-refractivity contribution >= 4 is 35.6 Å². The second-order valence-corrected chi connectivity index (χ2v) is 6.51. The summed E-state index contributed by atoms with van der Waals surface area (Å²) in [6.07, 6.45) is 0. The van der Waals surface area contributed by atoms with E-state index < -0.39 is 0 Å². The summed E-state index contributed by atoms with van der Waals surface area (Å²) in [5.74, 6) is 2.94. The number of likely N-dealkylation sites (N-methyl/N-ethyl adjacent to an activating group) is 1. The van der Waals surface area contributed by atoms with Crippen LogP contribution in [0.4, 0.5) is 5.69 Å². The van der Waals surface area contributed by atoms with E-state index in [0.717, 1.165) is 11.3 Å². The number of aliphatic imine (C=N–C) groups is 1. The highest BCUT2D eigenvalue weighted by molar-refractivity contribution is 14.0. The number of rotatable bonds is 9. The maximum absolute atomic E-state index is 6.10. The predicted octanol–water partition coefficient (Wildman–Crippen LogP) is 3.37. The van der Waals surface area contributed by atoms with Crippen LogP contribution in [0.25, 0.3) is 0 Å². The molecule has 0 fully saturated rings. The van der Waals surface area contributed by atoms with Gasteiger partial charge in [-0.2, -0.15) is 0 Å². The molecule has 0 aliphatic carbocycles. The molecule has 0 saturated carbocycles. The number of nitrogens with one attached hydrogen (secondary N) is 1. The van der Waals surface area contributed by atoms with Gasteiger partial charge in [0.15, 0.2) is 29.0 Å². The highest BCUT2D eigenvalue weighted by atomic mass is 127. The Bertz CT molecular complexity index is 846. The molecule has 2 aromatic carbocycles. The van der Waals surface area contributed by atoms with Gasteiger partial charge in [-0.05, 0) is 43.9 Å². The second kappa shape index (κ2) is 12.3. The molecule has 0 aliphatic rings. The summed E-state index contributed by atoms with van der Waals surface area (Å²) in [6, 6.07) is 11.3. The number of hydrogen-bond donors (Lipinski definition) is 2. The highest BCUT2D eigenvalue weighted by Gasteiger charge is 2.16. The highest BCUT2D eigenvalue weighted by Crippen LogP contribution is 2.32. The van der Waals surface area contributed by atoms with Crippen LogP contribution in [-0.4, -0.2) is 59.9 Å². The Labute approximate surface area is 195 Å². The number of guanidine groups is 1. The van der Waals surface area contributed by atoms with Gasteiger partial charge in [0.05, 0.1) is 41.0 Å². The van der Waals surface area contributed by atoms with Gasteiger partial charge in [-0.3, -0.25) is 4.99 Å². The Hall–Kier alpha value is -2.40. The topological polar surface area (TPSA) is 90.6 Å². The van der Waals surface area contributed by atoms with Gasteiger partial charge in [0.1, 0.15) is 0 Å². The summed E-state index contributed by atoms with van der Waals surface area (Å²) in [6.45, 7) is 0.467. The Kier molecular flexibility index (Phi) is 10.5. The molecule has 1 atom stereocenters. The molecule has 30 heavy (non-hydrogen) atoms. The van der Waals surface area contributed by atoms with Crippen molar-refractivity contribution in [1.82, 2.24) is 4.90 Å². The summed E-state index contributed by atoms with van der Waals surface area (Å²) < 4.78 is 21.3. The van der Waals surface area contributed by atoms with Crippen molar-refractivity contribution in [1.29, 1.82) is 0 Å². The Morgan fingerprint density at radius 1 is 0.900 bits per heavy atom. The summed E-state index contributed by atoms with van der Waals surface area (Å²) in [4.78, 5) is 6.59. The van der Waals surface area contributed by atoms with Gasteiger partial charge in [-0.15, -0.1) is 24.0 Å². The molecular formula is C21H31IN4O4. The molecule has 0 aromatic heterocycles. The molecule has 0 bridgehead atoms. The van der Waals surface area contributed by atoms with Crippen LogP contribution in [-0.2, 0) is 0 Å². The van der Waals surface area contributed by atoms with Crippen molar-refractivity contribution in [3.05, 3.63) is 42.0 Å². The number of anilines is 1. The van der Waals surface area contributed by atoms with Crippen molar-refractivity contribution < 1.29 is 18.9 Å². The summed E-state index contributed by atoms with van der Waals surface area (Å²) in [7, 11) is 10.4. The first-order valence-electron chi connectivity index (χ1n) is 9.10. The van der Waals surface area contributed by atoms with E-state index in [0.29, 0.717) is 35.5 Å². The summed E-state index contributed by atoms with van der Waals surface area (Å²) >= 11 is 0. The van der Waals surface area contributed by atoms with Crippen LogP contribution >= 0.6 is 24.0 Å². The summed E-state index contributed by atoms with van der Waals surface area (Å²) in [5, 5.41) is 3.08. The van der Waals surface area contributed by atoms with Gasteiger partial charge >= 0.3 is 0 Å². The number of halogens is 1. The first-order chi connectivity index (χ1) is 13.9. The van der Waals surface area contributed by atoms with Crippen molar-refractivity contribution in [2.75, 3.05) is 54.4 Å². The summed E-state index contributed by atoms with van der Waals surface area (Å²) in [5.41, 5.74) is 7.91. The minimum atomic E-state index is 0. The first-order valence-corrected chi connectivity index (χ1v) is 9.10. The number of nitrogens with zero attached hydrogens (tertiary/aromatic N) is 2. The van der Waals surface area contributed by atoms with Gasteiger partial charge in [-0.1, -0.05) is 6.07 Å². The lowest BCUT2D eigenvalue weighted by Gasteiger charge is -2.24. The Balaban J connectivity index is 0.00000450. The van der Waals surface area contributed by atoms with Gasteiger partial charge < -0.3 is 34.9 Å². The maximum atomic E-state index is 6.10. The fraction of sp³-hybridized carbons (Fsp3) is 0.381. The van der Waals surface area contributed by atoms with Crippen molar-refractivity contribution in [3.8, 4) is 23.0 Å². The van der Waals surface area contributed by atoms with Crippen LogP contribution in [0.15, 0.2) is 41.4 Å². The van der Waals surface area contributed by atoms with Crippen LogP contribution in [0.5, 0.6) is 23.0 Å². The van der Waals surface area contributed by atoms with Gasteiger partial charge in [0, 0.05) is 11.8 Å². The number of methoxy groups -OCH3 is 4. The van der Waals surface area contributed by atoms with E-state index in [1.807, 2.05) is 38.4 Å². The van der Waals surface area contributed by atoms with Crippen LogP contribution in [0.2, 0.25) is 0 Å². The van der Waals surface area contributed by atoms with E-state index in [1.54, 1.807) is 40.6 Å². The van der Waals surface area contributed by atoms with E-state index in [9.17, 15) is 0 Å². The van der Waals surface area contributed by atoms with Crippen molar-refractivity contribution in [2.45, 2.75) is 6.04 Å².